The molecule has 7 nitrogen and oxygen atoms in total. The maximum Gasteiger partial charge on any atom is 0.321 e. The van der Waals surface area contributed by atoms with Gasteiger partial charge in [-0.15, -0.1) is 0 Å². The number of hydrogen-bond donors (Lipinski definition) is 3. The number of aliphatic carboxylic acids is 1. The lowest BCUT2D eigenvalue weighted by Crippen LogP contribution is -2.33. The highest BCUT2D eigenvalue weighted by molar-refractivity contribution is 5.93. The highest BCUT2D eigenvalue weighted by Gasteiger charge is 2.30. The number of benzene rings is 2. The van der Waals surface area contributed by atoms with Gasteiger partial charge >= 0.3 is 12.0 Å². The fourth-order valence-electron chi connectivity index (χ4n) is 3.00. The molecular formula is C20H20FN3O4. The smallest absolute Gasteiger partial charge is 0.321 e. The van der Waals surface area contributed by atoms with Gasteiger partial charge in [-0.25, -0.2) is 9.18 Å². The van der Waals surface area contributed by atoms with Crippen LogP contribution in [0.25, 0.3) is 0 Å². The van der Waals surface area contributed by atoms with Crippen molar-refractivity contribution in [2.45, 2.75) is 12.8 Å². The van der Waals surface area contributed by atoms with Crippen molar-refractivity contribution in [2.75, 3.05) is 23.7 Å². The molecule has 1 atom stereocenters. The summed E-state index contributed by atoms with van der Waals surface area (Å²) in [6.45, 7) is 0.590. The van der Waals surface area contributed by atoms with Crippen LogP contribution >= 0.6 is 0 Å². The Morgan fingerprint density at radius 3 is 2.43 bits per heavy atom. The molecule has 28 heavy (non-hydrogen) atoms. The summed E-state index contributed by atoms with van der Waals surface area (Å²) in [4.78, 5) is 36.7. The molecule has 3 N–H and O–H groups in total. The number of carboxylic acid groups (broad SMARTS) is 1. The largest absolute Gasteiger partial charge is 0.481 e. The average molecular weight is 385 g/mol. The van der Waals surface area contributed by atoms with Crippen LogP contribution in [0.15, 0.2) is 48.5 Å². The van der Waals surface area contributed by atoms with Gasteiger partial charge in [0.2, 0.25) is 5.91 Å². The summed E-state index contributed by atoms with van der Waals surface area (Å²) in [6, 6.07) is 12.3. The van der Waals surface area contributed by atoms with Crippen LogP contribution in [0.4, 0.5) is 20.6 Å². The van der Waals surface area contributed by atoms with Crippen molar-refractivity contribution in [3.63, 3.8) is 0 Å². The molecule has 3 amide bonds. The number of nitrogens with one attached hydrogen (secondary N) is 2. The quantitative estimate of drug-likeness (QED) is 0.737. The fourth-order valence-corrected chi connectivity index (χ4v) is 3.00. The molecule has 0 aliphatic carbocycles. The third kappa shape index (κ3) is 4.85. The minimum atomic E-state index is -0.895. The molecule has 0 spiro atoms. The number of para-hydroxylation sites is 1. The molecule has 0 radical (unpaired) electrons. The molecule has 1 aliphatic heterocycles. The van der Waals surface area contributed by atoms with E-state index in [1.807, 2.05) is 0 Å². The lowest BCUT2D eigenvalue weighted by atomic mass is 10.1. The van der Waals surface area contributed by atoms with E-state index < -0.39 is 17.7 Å². The number of likely N-dealkylation sites (tertiary alicyclic amines) is 1. The Kier molecular flexibility index (Phi) is 5.88. The molecule has 8 heteroatoms. The molecule has 0 saturated carbocycles. The highest BCUT2D eigenvalue weighted by atomic mass is 19.1. The van der Waals surface area contributed by atoms with Crippen molar-refractivity contribution in [1.29, 1.82) is 0 Å². The summed E-state index contributed by atoms with van der Waals surface area (Å²) in [5.74, 6) is -2.27. The molecule has 3 rings (SSSR count). The second kappa shape index (κ2) is 8.51. The van der Waals surface area contributed by atoms with Gasteiger partial charge in [0.25, 0.3) is 0 Å². The third-order valence-corrected chi connectivity index (χ3v) is 4.54. The zero-order valence-electron chi connectivity index (χ0n) is 15.0. The summed E-state index contributed by atoms with van der Waals surface area (Å²) in [6.07, 6.45) is 0.508. The van der Waals surface area contributed by atoms with E-state index in [2.05, 4.69) is 10.6 Å². The van der Waals surface area contributed by atoms with E-state index in [4.69, 9.17) is 5.11 Å². The lowest BCUT2D eigenvalue weighted by Gasteiger charge is -2.17. The number of carbonyl (C=O) groups excluding carboxylic acids is 2. The van der Waals surface area contributed by atoms with E-state index in [-0.39, 0.29) is 30.6 Å². The van der Waals surface area contributed by atoms with E-state index in [1.165, 1.54) is 17.0 Å². The summed E-state index contributed by atoms with van der Waals surface area (Å²) in [5, 5.41) is 14.2. The predicted molar refractivity (Wildman–Crippen MR) is 102 cm³/mol. The maximum absolute atomic E-state index is 13.6. The predicted octanol–water partition coefficient (Wildman–Crippen LogP) is 2.95. The van der Waals surface area contributed by atoms with E-state index in [1.54, 1.807) is 36.4 Å². The highest BCUT2D eigenvalue weighted by Crippen LogP contribution is 2.19. The number of amides is 3. The Hall–Kier alpha value is -3.42. The molecule has 2 aromatic carbocycles. The van der Waals surface area contributed by atoms with Crippen molar-refractivity contribution >= 4 is 29.3 Å². The molecule has 146 valence electrons. The number of nitrogens with zero attached hydrogens (tertiary/aromatic N) is 1. The standard InChI is InChI=1S/C20H20FN3O4/c21-16-3-1-2-4-17(16)23-18(25)11-13-5-7-15(8-6-13)22-20(28)24-10-9-14(12-24)19(26)27/h1-8,14H,9-12H2,(H,22,28)(H,23,25)(H,26,27). The summed E-state index contributed by atoms with van der Waals surface area (Å²) in [7, 11) is 0. The first kappa shape index (κ1) is 19.3. The van der Waals surface area contributed by atoms with Crippen LogP contribution in [0.3, 0.4) is 0 Å². The first-order valence-corrected chi connectivity index (χ1v) is 8.84. The zero-order valence-corrected chi connectivity index (χ0v) is 15.0. The molecule has 0 bridgehead atoms. The normalized spacial score (nSPS) is 15.9. The third-order valence-electron chi connectivity index (χ3n) is 4.54. The second-order valence-corrected chi connectivity index (χ2v) is 6.60. The summed E-state index contributed by atoms with van der Waals surface area (Å²) in [5.41, 5.74) is 1.38. The average Bonchev–Trinajstić information content (AvgIpc) is 3.16. The Labute approximate surface area is 161 Å². The van der Waals surface area contributed by atoms with Crippen LogP contribution in [0, 0.1) is 11.7 Å². The van der Waals surface area contributed by atoms with Crippen LogP contribution in [0.2, 0.25) is 0 Å². The van der Waals surface area contributed by atoms with Crippen LogP contribution in [0.5, 0.6) is 0 Å². The van der Waals surface area contributed by atoms with Gasteiger partial charge in [-0.05, 0) is 36.2 Å². The molecule has 1 aliphatic rings. The Bertz CT molecular complexity index is 885. The number of urea groups is 1. The number of carboxylic acids is 1. The van der Waals surface area contributed by atoms with Gasteiger partial charge in [0.15, 0.2) is 0 Å². The van der Waals surface area contributed by atoms with Gasteiger partial charge in [-0.3, -0.25) is 9.59 Å². The zero-order chi connectivity index (χ0) is 20.1. The SMILES string of the molecule is O=C(Cc1ccc(NC(=O)N2CCC(C(=O)O)C2)cc1)Nc1ccccc1F. The summed E-state index contributed by atoms with van der Waals surface area (Å²) < 4.78 is 13.6. The first-order valence-electron chi connectivity index (χ1n) is 8.84. The van der Waals surface area contributed by atoms with E-state index in [0.717, 1.165) is 0 Å². The van der Waals surface area contributed by atoms with Crippen LogP contribution < -0.4 is 10.6 Å². The Morgan fingerprint density at radius 1 is 1.07 bits per heavy atom. The van der Waals surface area contributed by atoms with Crippen molar-refractivity contribution in [1.82, 2.24) is 4.90 Å². The van der Waals surface area contributed by atoms with E-state index in [9.17, 15) is 18.8 Å². The van der Waals surface area contributed by atoms with Gasteiger partial charge in [0.1, 0.15) is 5.82 Å². The minimum absolute atomic E-state index is 0.0645. The monoisotopic (exact) mass is 385 g/mol. The van der Waals surface area contributed by atoms with Crippen LogP contribution in [-0.2, 0) is 16.0 Å². The molecule has 1 fully saturated rings. The van der Waals surface area contributed by atoms with Gasteiger partial charge in [0, 0.05) is 18.8 Å². The second-order valence-electron chi connectivity index (χ2n) is 6.60. The van der Waals surface area contributed by atoms with Gasteiger partial charge in [-0.2, -0.15) is 0 Å². The van der Waals surface area contributed by atoms with Gasteiger partial charge in [0.05, 0.1) is 18.0 Å². The molecule has 1 unspecified atom stereocenters. The number of halogens is 1. The van der Waals surface area contributed by atoms with Crippen LogP contribution in [-0.4, -0.2) is 41.0 Å². The number of carbonyl (C=O) groups is 3. The lowest BCUT2D eigenvalue weighted by molar-refractivity contribution is -0.141. The molecule has 1 saturated heterocycles. The van der Waals surface area contributed by atoms with Crippen molar-refractivity contribution < 1.29 is 23.9 Å². The molecular weight excluding hydrogens is 365 g/mol. The Balaban J connectivity index is 1.52. The number of rotatable bonds is 5. The number of hydrogen-bond acceptors (Lipinski definition) is 3. The molecule has 2 aromatic rings. The summed E-state index contributed by atoms with van der Waals surface area (Å²) >= 11 is 0. The van der Waals surface area contributed by atoms with Gasteiger partial charge < -0.3 is 20.6 Å². The van der Waals surface area contributed by atoms with Crippen molar-refractivity contribution in [2.24, 2.45) is 5.92 Å². The minimum Gasteiger partial charge on any atom is -0.481 e. The molecule has 1 heterocycles. The van der Waals surface area contributed by atoms with E-state index in [0.29, 0.717) is 24.2 Å². The van der Waals surface area contributed by atoms with Crippen LogP contribution in [0.1, 0.15) is 12.0 Å². The maximum atomic E-state index is 13.6. The van der Waals surface area contributed by atoms with Gasteiger partial charge in [-0.1, -0.05) is 24.3 Å². The Morgan fingerprint density at radius 2 is 1.79 bits per heavy atom. The van der Waals surface area contributed by atoms with Crippen molar-refractivity contribution in [3.8, 4) is 0 Å². The molecule has 0 aromatic heterocycles. The first-order chi connectivity index (χ1) is 13.4. The topological polar surface area (TPSA) is 98.7 Å². The number of anilines is 2. The van der Waals surface area contributed by atoms with E-state index >= 15 is 0 Å². The van der Waals surface area contributed by atoms with Crippen molar-refractivity contribution in [3.05, 3.63) is 59.9 Å². The fraction of sp³-hybridized carbons (Fsp3) is 0.250.